The van der Waals surface area contributed by atoms with Crippen molar-refractivity contribution in [1.82, 2.24) is 9.97 Å². The fourth-order valence-electron chi connectivity index (χ4n) is 1.66. The quantitative estimate of drug-likeness (QED) is 0.607. The molecule has 1 aromatic heterocycles. The van der Waals surface area contributed by atoms with Crippen LogP contribution in [0.15, 0.2) is 24.3 Å². The number of nitrogens with one attached hydrogen (secondary N) is 1. The molecule has 0 bridgehead atoms. The highest BCUT2D eigenvalue weighted by atomic mass is 32.1. The highest BCUT2D eigenvalue weighted by Gasteiger charge is 2.39. The summed E-state index contributed by atoms with van der Waals surface area (Å²) in [6.07, 6.45) is -0.574. The van der Waals surface area contributed by atoms with Crippen molar-refractivity contribution in [2.24, 2.45) is 5.73 Å². The highest BCUT2D eigenvalue weighted by Crippen LogP contribution is 2.25. The Kier molecular flexibility index (Phi) is 3.10. The van der Waals surface area contributed by atoms with Crippen LogP contribution in [-0.4, -0.2) is 26.2 Å². The minimum atomic E-state index is -1.76. The van der Waals surface area contributed by atoms with Crippen LogP contribution in [0.3, 0.4) is 0 Å². The Labute approximate surface area is 108 Å². The lowest BCUT2D eigenvalue weighted by Crippen LogP contribution is -2.45. The summed E-state index contributed by atoms with van der Waals surface area (Å²) in [4.78, 5) is 29.3. The van der Waals surface area contributed by atoms with Crippen molar-refractivity contribution in [3.05, 3.63) is 30.1 Å². The van der Waals surface area contributed by atoms with E-state index in [2.05, 4.69) is 22.6 Å². The molecule has 0 fully saturated rings. The van der Waals surface area contributed by atoms with E-state index in [4.69, 9.17) is 10.8 Å². The number of H-pyrrole nitrogens is 1. The zero-order chi connectivity index (χ0) is 13.3. The van der Waals surface area contributed by atoms with E-state index in [0.29, 0.717) is 11.0 Å². The summed E-state index contributed by atoms with van der Waals surface area (Å²) in [5.74, 6) is -1.09. The van der Waals surface area contributed by atoms with E-state index in [1.165, 1.54) is 0 Å². The topological polar surface area (TPSA) is 109 Å². The maximum atomic E-state index is 11.5. The number of benzene rings is 1. The molecule has 7 heteroatoms. The highest BCUT2D eigenvalue weighted by molar-refractivity contribution is 7.96. The molecule has 0 aliphatic carbocycles. The van der Waals surface area contributed by atoms with Gasteiger partial charge < -0.3 is 15.8 Å². The Morgan fingerprint density at radius 2 is 2.11 bits per heavy atom. The molecule has 0 radical (unpaired) electrons. The van der Waals surface area contributed by atoms with E-state index in [1.54, 1.807) is 24.3 Å². The molecular weight excluding hydrogens is 254 g/mol. The van der Waals surface area contributed by atoms with Crippen LogP contribution in [0.5, 0.6) is 0 Å². The van der Waals surface area contributed by atoms with Gasteiger partial charge in [-0.15, -0.1) is 12.6 Å². The van der Waals surface area contributed by atoms with E-state index in [1.807, 2.05) is 0 Å². The molecule has 0 saturated carbocycles. The van der Waals surface area contributed by atoms with E-state index in [0.717, 1.165) is 0 Å². The standard InChI is InChI=1S/C11H11N3O3S/c12-11(10(17)18,5-8(15)16)9-13-6-3-1-2-4-7(6)14-9/h1-4H,5,12H2,(H,13,14)(H,15,16)(H,17,18). The summed E-state index contributed by atoms with van der Waals surface area (Å²) in [6.45, 7) is 0. The summed E-state index contributed by atoms with van der Waals surface area (Å²) < 4.78 is 0. The Bertz CT molecular complexity index is 592. The van der Waals surface area contributed by atoms with Crippen molar-refractivity contribution >= 4 is 34.7 Å². The fourth-order valence-corrected chi connectivity index (χ4v) is 1.85. The van der Waals surface area contributed by atoms with Crippen LogP contribution >= 0.6 is 12.6 Å². The number of carbonyl (C=O) groups is 2. The molecule has 2 rings (SSSR count). The molecule has 1 atom stereocenters. The van der Waals surface area contributed by atoms with E-state index in [-0.39, 0.29) is 5.82 Å². The summed E-state index contributed by atoms with van der Waals surface area (Å²) in [5.41, 5.74) is 5.37. The number of para-hydroxylation sites is 2. The molecule has 4 N–H and O–H groups in total. The van der Waals surface area contributed by atoms with Gasteiger partial charge in [-0.3, -0.25) is 9.59 Å². The fraction of sp³-hybridized carbons (Fsp3) is 0.182. The van der Waals surface area contributed by atoms with Crippen LogP contribution in [0, 0.1) is 0 Å². The smallest absolute Gasteiger partial charge is 0.306 e. The zero-order valence-electron chi connectivity index (χ0n) is 9.25. The number of nitrogens with two attached hydrogens (primary N) is 1. The second-order valence-corrected chi connectivity index (χ2v) is 4.36. The minimum Gasteiger partial charge on any atom is -0.481 e. The second kappa shape index (κ2) is 4.43. The minimum absolute atomic E-state index is 0.103. The molecule has 1 aromatic carbocycles. The number of hydrogen-bond donors (Lipinski definition) is 4. The van der Waals surface area contributed by atoms with Gasteiger partial charge in [0, 0.05) is 0 Å². The van der Waals surface area contributed by atoms with Crippen molar-refractivity contribution in [3.8, 4) is 0 Å². The normalized spacial score (nSPS) is 14.3. The van der Waals surface area contributed by atoms with Crippen LogP contribution in [0.25, 0.3) is 11.0 Å². The molecular formula is C11H11N3O3S. The van der Waals surface area contributed by atoms with Crippen LogP contribution in [-0.2, 0) is 15.1 Å². The van der Waals surface area contributed by atoms with Crippen LogP contribution < -0.4 is 5.73 Å². The first-order chi connectivity index (χ1) is 8.43. The number of fused-ring (bicyclic) bond motifs is 1. The average molecular weight is 265 g/mol. The van der Waals surface area contributed by atoms with E-state index < -0.39 is 23.0 Å². The summed E-state index contributed by atoms with van der Waals surface area (Å²) in [7, 11) is 0. The van der Waals surface area contributed by atoms with E-state index in [9.17, 15) is 9.59 Å². The van der Waals surface area contributed by atoms with Gasteiger partial charge in [-0.1, -0.05) is 12.1 Å². The van der Waals surface area contributed by atoms with Crippen LogP contribution in [0.4, 0.5) is 0 Å². The summed E-state index contributed by atoms with van der Waals surface area (Å²) >= 11 is 3.66. The lowest BCUT2D eigenvalue weighted by molar-refractivity contribution is -0.140. The molecule has 1 unspecified atom stereocenters. The summed E-state index contributed by atoms with van der Waals surface area (Å²) in [5, 5.41) is 8.08. The number of carboxylic acids is 1. The molecule has 0 spiro atoms. The van der Waals surface area contributed by atoms with E-state index >= 15 is 0 Å². The van der Waals surface area contributed by atoms with Gasteiger partial charge in [-0.2, -0.15) is 0 Å². The first-order valence-corrected chi connectivity index (χ1v) is 5.57. The Morgan fingerprint density at radius 3 is 2.67 bits per heavy atom. The Hall–Kier alpha value is -1.86. The number of hydrogen-bond acceptors (Lipinski definition) is 4. The second-order valence-electron chi connectivity index (χ2n) is 3.95. The number of nitrogens with zero attached hydrogens (tertiary/aromatic N) is 1. The first-order valence-electron chi connectivity index (χ1n) is 5.13. The summed E-state index contributed by atoms with van der Waals surface area (Å²) in [6, 6.07) is 7.07. The maximum absolute atomic E-state index is 11.5. The maximum Gasteiger partial charge on any atom is 0.306 e. The van der Waals surface area contributed by atoms with Gasteiger partial charge in [-0.25, -0.2) is 4.98 Å². The van der Waals surface area contributed by atoms with Crippen LogP contribution in [0.2, 0.25) is 0 Å². The van der Waals surface area contributed by atoms with Gasteiger partial charge in [0.2, 0.25) is 5.12 Å². The zero-order valence-corrected chi connectivity index (χ0v) is 10.1. The van der Waals surface area contributed by atoms with Gasteiger partial charge in [0.25, 0.3) is 0 Å². The number of thiol groups is 1. The number of rotatable bonds is 4. The van der Waals surface area contributed by atoms with Crippen molar-refractivity contribution < 1.29 is 14.7 Å². The van der Waals surface area contributed by atoms with Crippen molar-refractivity contribution in [1.29, 1.82) is 0 Å². The molecule has 0 aliphatic heterocycles. The third-order valence-electron chi connectivity index (χ3n) is 2.62. The van der Waals surface area contributed by atoms with Crippen molar-refractivity contribution in [2.75, 3.05) is 0 Å². The molecule has 0 saturated heterocycles. The largest absolute Gasteiger partial charge is 0.481 e. The molecule has 1 heterocycles. The SMILES string of the molecule is NC(CC(=O)O)(C(=O)S)c1nc2ccccc2[nH]1. The molecule has 0 aliphatic rings. The lowest BCUT2D eigenvalue weighted by atomic mass is 9.97. The van der Waals surface area contributed by atoms with Gasteiger partial charge in [0.05, 0.1) is 17.5 Å². The molecule has 94 valence electrons. The third-order valence-corrected chi connectivity index (χ3v) is 3.02. The number of carboxylic acid groups (broad SMARTS) is 1. The third kappa shape index (κ3) is 2.09. The number of aromatic nitrogens is 2. The molecule has 6 nitrogen and oxygen atoms in total. The molecule has 18 heavy (non-hydrogen) atoms. The van der Waals surface area contributed by atoms with Gasteiger partial charge in [-0.05, 0) is 12.1 Å². The number of aromatic amines is 1. The van der Waals surface area contributed by atoms with Gasteiger partial charge in [0.15, 0.2) is 5.54 Å². The van der Waals surface area contributed by atoms with Crippen molar-refractivity contribution in [3.63, 3.8) is 0 Å². The van der Waals surface area contributed by atoms with Gasteiger partial charge >= 0.3 is 5.97 Å². The number of carbonyl (C=O) groups excluding carboxylic acids is 1. The van der Waals surface area contributed by atoms with Gasteiger partial charge in [0.1, 0.15) is 5.82 Å². The Balaban J connectivity index is 2.54. The first kappa shape index (κ1) is 12.6. The lowest BCUT2D eigenvalue weighted by Gasteiger charge is -2.20. The Morgan fingerprint density at radius 1 is 1.44 bits per heavy atom. The number of imidazole rings is 1. The monoisotopic (exact) mass is 265 g/mol. The van der Waals surface area contributed by atoms with Crippen molar-refractivity contribution in [2.45, 2.75) is 12.0 Å². The predicted molar refractivity (Wildman–Crippen MR) is 68.2 cm³/mol. The predicted octanol–water partition coefficient (Wildman–Crippen LogP) is 0.648. The molecule has 0 amide bonds. The average Bonchev–Trinajstić information content (AvgIpc) is 2.71. The van der Waals surface area contributed by atoms with Crippen LogP contribution in [0.1, 0.15) is 12.2 Å². The molecule has 2 aromatic rings. The number of aliphatic carboxylic acids is 1.